The number of benzene rings is 4. The fraction of sp³-hybridized carbons (Fsp3) is 0.308. The lowest BCUT2D eigenvalue weighted by molar-refractivity contribution is -0.384. The Kier molecular flexibility index (Phi) is 11.3. The van der Waals surface area contributed by atoms with E-state index in [9.17, 15) is 24.4 Å². The molecule has 0 amide bonds. The SMILES string of the molecule is O=C(O)c1ccc(-c2ccc(F)cc2)cc1C=Cc1ccc(N(CCCc2ccccc2)CCCC2CCCCC2)c([N+](=O)[O-])c1. The highest BCUT2D eigenvalue weighted by Gasteiger charge is 2.21. The molecule has 1 saturated carbocycles. The molecule has 46 heavy (non-hydrogen) atoms. The summed E-state index contributed by atoms with van der Waals surface area (Å²) in [5.41, 5.74) is 4.56. The number of nitro benzene ring substituents is 1. The number of halogens is 1. The number of aromatic carboxylic acids is 1. The third kappa shape index (κ3) is 8.90. The van der Waals surface area contributed by atoms with E-state index in [-0.39, 0.29) is 22.0 Å². The predicted octanol–water partition coefficient (Wildman–Crippen LogP) is 10.1. The van der Waals surface area contributed by atoms with Crippen molar-refractivity contribution in [1.82, 2.24) is 0 Å². The summed E-state index contributed by atoms with van der Waals surface area (Å²) < 4.78 is 13.5. The first kappa shape index (κ1) is 32.6. The van der Waals surface area contributed by atoms with Crippen LogP contribution < -0.4 is 4.90 Å². The molecule has 0 spiro atoms. The van der Waals surface area contributed by atoms with Gasteiger partial charge in [-0.05, 0) is 89.8 Å². The Balaban J connectivity index is 1.38. The Hall–Kier alpha value is -4.78. The van der Waals surface area contributed by atoms with E-state index >= 15 is 0 Å². The van der Waals surface area contributed by atoms with Gasteiger partial charge in [-0.15, -0.1) is 0 Å². The summed E-state index contributed by atoms with van der Waals surface area (Å²) in [5, 5.41) is 22.2. The normalized spacial score (nSPS) is 13.6. The second-order valence-electron chi connectivity index (χ2n) is 12.2. The van der Waals surface area contributed by atoms with Gasteiger partial charge in [-0.3, -0.25) is 10.1 Å². The largest absolute Gasteiger partial charge is 0.478 e. The highest BCUT2D eigenvalue weighted by Crippen LogP contribution is 2.33. The highest BCUT2D eigenvalue weighted by atomic mass is 19.1. The standard InChI is InChI=1S/C39H41FN2O4/c40-35-21-18-32(19-22-35)33-20-23-36(39(43)44)34(28-33)17-15-31-16-24-37(38(27-31)42(45)46)41(25-7-13-29-9-3-1-4-10-29)26-8-14-30-11-5-2-6-12-30/h1,3-4,9-10,15-24,27-28,30H,2,5-8,11-14,25-26H2,(H,43,44). The molecule has 6 nitrogen and oxygen atoms in total. The van der Waals surface area contributed by atoms with Crippen LogP contribution in [0.5, 0.6) is 0 Å². The Bertz CT molecular complexity index is 1650. The molecule has 0 aromatic heterocycles. The van der Waals surface area contributed by atoms with Gasteiger partial charge in [-0.25, -0.2) is 9.18 Å². The zero-order valence-corrected chi connectivity index (χ0v) is 26.1. The molecule has 0 saturated heterocycles. The molecular formula is C39H41FN2O4. The summed E-state index contributed by atoms with van der Waals surface area (Å²) in [6.45, 7) is 1.48. The molecule has 0 radical (unpaired) electrons. The van der Waals surface area contributed by atoms with Crippen molar-refractivity contribution in [3.8, 4) is 11.1 Å². The molecule has 238 valence electrons. The van der Waals surface area contributed by atoms with E-state index in [4.69, 9.17) is 0 Å². The van der Waals surface area contributed by atoms with Gasteiger partial charge in [0.1, 0.15) is 11.5 Å². The second kappa shape index (κ2) is 16.0. The molecule has 0 bridgehead atoms. The topological polar surface area (TPSA) is 83.7 Å². The van der Waals surface area contributed by atoms with Crippen LogP contribution in [0.3, 0.4) is 0 Å². The third-order valence-corrected chi connectivity index (χ3v) is 8.95. The van der Waals surface area contributed by atoms with Crippen molar-refractivity contribution in [2.24, 2.45) is 5.92 Å². The zero-order valence-electron chi connectivity index (χ0n) is 26.1. The fourth-order valence-electron chi connectivity index (χ4n) is 6.48. The van der Waals surface area contributed by atoms with E-state index in [1.54, 1.807) is 42.5 Å². The minimum Gasteiger partial charge on any atom is -0.478 e. The number of rotatable bonds is 14. The fourth-order valence-corrected chi connectivity index (χ4v) is 6.48. The zero-order chi connectivity index (χ0) is 32.3. The number of hydrogen-bond donors (Lipinski definition) is 1. The monoisotopic (exact) mass is 620 g/mol. The maximum Gasteiger partial charge on any atom is 0.336 e. The number of hydrogen-bond acceptors (Lipinski definition) is 4. The average Bonchev–Trinajstić information content (AvgIpc) is 3.07. The average molecular weight is 621 g/mol. The van der Waals surface area contributed by atoms with E-state index in [1.807, 2.05) is 30.3 Å². The molecule has 1 N–H and O–H groups in total. The molecule has 1 aliphatic carbocycles. The summed E-state index contributed by atoms with van der Waals surface area (Å²) >= 11 is 0. The first-order valence-electron chi connectivity index (χ1n) is 16.3. The van der Waals surface area contributed by atoms with Crippen LogP contribution in [0.2, 0.25) is 0 Å². The Morgan fingerprint density at radius 1 is 0.870 bits per heavy atom. The van der Waals surface area contributed by atoms with Crippen LogP contribution in [0.15, 0.2) is 91.0 Å². The lowest BCUT2D eigenvalue weighted by atomic mass is 9.86. The summed E-state index contributed by atoms with van der Waals surface area (Å²) in [4.78, 5) is 26.2. The van der Waals surface area contributed by atoms with Crippen LogP contribution in [0.1, 0.15) is 78.4 Å². The number of carboxylic acids is 1. The molecule has 4 aromatic carbocycles. The summed E-state index contributed by atoms with van der Waals surface area (Å²) in [6.07, 6.45) is 13.8. The van der Waals surface area contributed by atoms with Crippen molar-refractivity contribution in [1.29, 1.82) is 0 Å². The number of nitro groups is 1. The number of carbonyl (C=O) groups is 1. The van der Waals surface area contributed by atoms with E-state index in [0.29, 0.717) is 23.4 Å². The van der Waals surface area contributed by atoms with Crippen molar-refractivity contribution in [3.05, 3.63) is 129 Å². The van der Waals surface area contributed by atoms with Gasteiger partial charge in [0.15, 0.2) is 0 Å². The Labute approximate surface area is 270 Å². The van der Waals surface area contributed by atoms with Crippen molar-refractivity contribution in [2.75, 3.05) is 18.0 Å². The minimum atomic E-state index is -1.08. The summed E-state index contributed by atoms with van der Waals surface area (Å²) in [7, 11) is 0. The lowest BCUT2D eigenvalue weighted by Gasteiger charge is -2.27. The van der Waals surface area contributed by atoms with Crippen LogP contribution >= 0.6 is 0 Å². The van der Waals surface area contributed by atoms with Gasteiger partial charge in [0.25, 0.3) is 5.69 Å². The van der Waals surface area contributed by atoms with Crippen LogP contribution in [-0.4, -0.2) is 29.1 Å². The van der Waals surface area contributed by atoms with Gasteiger partial charge in [-0.2, -0.15) is 0 Å². The molecule has 5 rings (SSSR count). The first-order valence-corrected chi connectivity index (χ1v) is 16.3. The molecule has 0 unspecified atom stereocenters. The van der Waals surface area contributed by atoms with E-state index in [0.717, 1.165) is 49.3 Å². The Morgan fingerprint density at radius 3 is 2.30 bits per heavy atom. The quantitative estimate of drug-likeness (QED) is 0.0862. The predicted molar refractivity (Wildman–Crippen MR) is 184 cm³/mol. The summed E-state index contributed by atoms with van der Waals surface area (Å²) in [6, 6.07) is 26.5. The van der Waals surface area contributed by atoms with Crippen molar-refractivity contribution >= 4 is 29.5 Å². The first-order chi connectivity index (χ1) is 22.4. The molecule has 1 aliphatic rings. The highest BCUT2D eigenvalue weighted by molar-refractivity contribution is 5.94. The molecule has 0 heterocycles. The van der Waals surface area contributed by atoms with Gasteiger partial charge in [-0.1, -0.05) is 98.9 Å². The maximum atomic E-state index is 13.5. The van der Waals surface area contributed by atoms with E-state index in [1.165, 1.54) is 55.9 Å². The smallest absolute Gasteiger partial charge is 0.336 e. The Morgan fingerprint density at radius 2 is 1.59 bits per heavy atom. The lowest BCUT2D eigenvalue weighted by Crippen LogP contribution is -2.27. The maximum absolute atomic E-state index is 13.5. The van der Waals surface area contributed by atoms with Crippen molar-refractivity contribution < 1.29 is 19.2 Å². The van der Waals surface area contributed by atoms with Crippen molar-refractivity contribution in [3.63, 3.8) is 0 Å². The van der Waals surface area contributed by atoms with Gasteiger partial charge in [0, 0.05) is 19.2 Å². The van der Waals surface area contributed by atoms with Crippen LogP contribution in [-0.2, 0) is 6.42 Å². The molecular weight excluding hydrogens is 579 g/mol. The van der Waals surface area contributed by atoms with E-state index in [2.05, 4.69) is 17.0 Å². The van der Waals surface area contributed by atoms with E-state index < -0.39 is 5.97 Å². The van der Waals surface area contributed by atoms with Gasteiger partial charge >= 0.3 is 5.97 Å². The molecule has 0 aliphatic heterocycles. The molecule has 0 atom stereocenters. The molecule has 1 fully saturated rings. The number of carboxylic acid groups (broad SMARTS) is 1. The summed E-state index contributed by atoms with van der Waals surface area (Å²) in [5.74, 6) is -0.680. The number of aryl methyl sites for hydroxylation is 1. The van der Waals surface area contributed by atoms with Gasteiger partial charge in [0.2, 0.25) is 0 Å². The third-order valence-electron chi connectivity index (χ3n) is 8.95. The van der Waals surface area contributed by atoms with Crippen molar-refractivity contribution in [2.45, 2.75) is 57.8 Å². The molecule has 7 heteroatoms. The van der Waals surface area contributed by atoms with Gasteiger partial charge in [0.05, 0.1) is 10.5 Å². The van der Waals surface area contributed by atoms with Gasteiger partial charge < -0.3 is 10.0 Å². The number of anilines is 1. The number of nitrogens with zero attached hydrogens (tertiary/aromatic N) is 2. The van der Waals surface area contributed by atoms with Crippen LogP contribution in [0.25, 0.3) is 23.3 Å². The van der Waals surface area contributed by atoms with Crippen LogP contribution in [0.4, 0.5) is 15.8 Å². The molecule has 4 aromatic rings. The second-order valence-corrected chi connectivity index (χ2v) is 12.2. The van der Waals surface area contributed by atoms with Crippen LogP contribution in [0, 0.1) is 21.8 Å². The minimum absolute atomic E-state index is 0.0399.